The molecule has 0 aliphatic carbocycles. The van der Waals surface area contributed by atoms with Crippen LogP contribution in [0.4, 0.5) is 0 Å². The highest BCUT2D eigenvalue weighted by Gasteiger charge is 2.22. The van der Waals surface area contributed by atoms with Gasteiger partial charge in [-0.2, -0.15) is 0 Å². The van der Waals surface area contributed by atoms with Gasteiger partial charge in [0.05, 0.1) is 0 Å². The number of piperidine rings is 1. The highest BCUT2D eigenvalue weighted by molar-refractivity contribution is 5.79. The molecule has 2 N–H and O–H groups in total. The number of carbonyl (C=O) groups is 2. The predicted molar refractivity (Wildman–Crippen MR) is 92.0 cm³/mol. The summed E-state index contributed by atoms with van der Waals surface area (Å²) < 4.78 is 0. The van der Waals surface area contributed by atoms with E-state index in [9.17, 15) is 9.59 Å². The zero-order chi connectivity index (χ0) is 16.5. The summed E-state index contributed by atoms with van der Waals surface area (Å²) in [6.07, 6.45) is 8.06. The summed E-state index contributed by atoms with van der Waals surface area (Å²) >= 11 is 0. The predicted octanol–water partition coefficient (Wildman–Crippen LogP) is 1.92. The van der Waals surface area contributed by atoms with E-state index in [2.05, 4.69) is 17.6 Å². The Hall–Kier alpha value is -1.10. The first kappa shape index (κ1) is 18.2. The lowest BCUT2D eigenvalue weighted by atomic mass is 9.84. The number of carbonyl (C=O) groups excluding carboxylic acids is 2. The topological polar surface area (TPSA) is 61.4 Å². The van der Waals surface area contributed by atoms with E-state index < -0.39 is 0 Å². The quantitative estimate of drug-likeness (QED) is 0.785. The number of nitrogens with one attached hydrogen (secondary N) is 2. The summed E-state index contributed by atoms with van der Waals surface area (Å²) in [6.45, 7) is 6.58. The lowest BCUT2D eigenvalue weighted by molar-refractivity contribution is -0.131. The van der Waals surface area contributed by atoms with E-state index in [1.54, 1.807) is 0 Å². The summed E-state index contributed by atoms with van der Waals surface area (Å²) in [5.74, 6) is 1.37. The molecule has 1 unspecified atom stereocenters. The van der Waals surface area contributed by atoms with Crippen LogP contribution < -0.4 is 10.6 Å². The maximum Gasteiger partial charge on any atom is 0.224 e. The van der Waals surface area contributed by atoms with E-state index in [-0.39, 0.29) is 11.8 Å². The molecular weight excluding hydrogens is 290 g/mol. The van der Waals surface area contributed by atoms with E-state index in [1.807, 2.05) is 4.90 Å². The van der Waals surface area contributed by atoms with Crippen molar-refractivity contribution in [1.29, 1.82) is 0 Å². The van der Waals surface area contributed by atoms with Gasteiger partial charge >= 0.3 is 0 Å². The van der Waals surface area contributed by atoms with Crippen molar-refractivity contribution in [3.05, 3.63) is 0 Å². The molecule has 2 aliphatic rings. The third kappa shape index (κ3) is 6.50. The Balaban J connectivity index is 1.60. The monoisotopic (exact) mass is 323 g/mol. The number of hydrogen-bond acceptors (Lipinski definition) is 3. The van der Waals surface area contributed by atoms with E-state index in [0.29, 0.717) is 31.2 Å². The largest absolute Gasteiger partial charge is 0.356 e. The Bertz CT molecular complexity index is 372. The molecule has 0 radical (unpaired) electrons. The molecular formula is C18H33N3O2. The molecule has 23 heavy (non-hydrogen) atoms. The molecule has 0 spiro atoms. The first-order chi connectivity index (χ1) is 11.2. The smallest absolute Gasteiger partial charge is 0.224 e. The van der Waals surface area contributed by atoms with Gasteiger partial charge in [0.15, 0.2) is 0 Å². The van der Waals surface area contributed by atoms with Crippen LogP contribution >= 0.6 is 0 Å². The lowest BCUT2D eigenvalue weighted by Crippen LogP contribution is -2.36. The number of nitrogens with zero attached hydrogens (tertiary/aromatic N) is 1. The van der Waals surface area contributed by atoms with Crippen molar-refractivity contribution in [3.63, 3.8) is 0 Å². The minimum absolute atomic E-state index is 0.0969. The second-order valence-corrected chi connectivity index (χ2v) is 7.16. The normalized spacial score (nSPS) is 21.5. The first-order valence-electron chi connectivity index (χ1n) is 9.42. The number of hydrogen-bond donors (Lipinski definition) is 2. The molecule has 2 fully saturated rings. The summed E-state index contributed by atoms with van der Waals surface area (Å²) in [7, 11) is 0. The Morgan fingerprint density at radius 1 is 1.13 bits per heavy atom. The van der Waals surface area contributed by atoms with Gasteiger partial charge in [-0.15, -0.1) is 0 Å². The van der Waals surface area contributed by atoms with Gasteiger partial charge in [0.1, 0.15) is 0 Å². The number of amides is 2. The maximum absolute atomic E-state index is 12.2. The molecule has 0 aromatic rings. The summed E-state index contributed by atoms with van der Waals surface area (Å²) in [5.41, 5.74) is 0. The molecule has 2 heterocycles. The van der Waals surface area contributed by atoms with Gasteiger partial charge in [-0.05, 0) is 50.6 Å². The second-order valence-electron chi connectivity index (χ2n) is 7.16. The van der Waals surface area contributed by atoms with Crippen LogP contribution in [0, 0.1) is 11.8 Å². The molecule has 0 aromatic heterocycles. The third-order valence-corrected chi connectivity index (χ3v) is 5.32. The van der Waals surface area contributed by atoms with Gasteiger partial charge in [-0.1, -0.05) is 19.8 Å². The van der Waals surface area contributed by atoms with E-state index in [1.165, 1.54) is 25.7 Å². The standard InChI is InChI=1S/C18H33N3O2/c1-15(16-6-9-19-10-7-16)14-17(22)20-11-8-18(23)21-12-4-2-3-5-13-21/h15-16,19H,2-14H2,1H3,(H,20,22). The zero-order valence-corrected chi connectivity index (χ0v) is 14.6. The van der Waals surface area contributed by atoms with Crippen LogP contribution in [-0.2, 0) is 9.59 Å². The molecule has 0 saturated carbocycles. The fourth-order valence-electron chi connectivity index (χ4n) is 3.73. The van der Waals surface area contributed by atoms with Gasteiger partial charge in [-0.25, -0.2) is 0 Å². The molecule has 2 rings (SSSR count). The Kier molecular flexibility index (Phi) is 7.86. The van der Waals surface area contributed by atoms with E-state index in [0.717, 1.165) is 39.0 Å². The van der Waals surface area contributed by atoms with Crippen LogP contribution in [0.2, 0.25) is 0 Å². The summed E-state index contributed by atoms with van der Waals surface area (Å²) in [6, 6.07) is 0. The molecule has 0 bridgehead atoms. The van der Waals surface area contributed by atoms with Crippen molar-refractivity contribution < 1.29 is 9.59 Å². The Morgan fingerprint density at radius 3 is 2.43 bits per heavy atom. The van der Waals surface area contributed by atoms with Crippen molar-refractivity contribution in [2.24, 2.45) is 11.8 Å². The molecule has 132 valence electrons. The second kappa shape index (κ2) is 9.91. The average molecular weight is 323 g/mol. The molecule has 0 aromatic carbocycles. The molecule has 5 nitrogen and oxygen atoms in total. The van der Waals surface area contributed by atoms with Crippen LogP contribution in [0.25, 0.3) is 0 Å². The van der Waals surface area contributed by atoms with Crippen molar-refractivity contribution >= 4 is 11.8 Å². The first-order valence-corrected chi connectivity index (χ1v) is 9.42. The van der Waals surface area contributed by atoms with E-state index in [4.69, 9.17) is 0 Å². The number of rotatable bonds is 6. The van der Waals surface area contributed by atoms with Crippen LogP contribution in [0.3, 0.4) is 0 Å². The fraction of sp³-hybridized carbons (Fsp3) is 0.889. The number of likely N-dealkylation sites (tertiary alicyclic amines) is 1. The zero-order valence-electron chi connectivity index (χ0n) is 14.6. The minimum atomic E-state index is 0.0969. The lowest BCUT2D eigenvalue weighted by Gasteiger charge is -2.27. The molecule has 1 atom stereocenters. The summed E-state index contributed by atoms with van der Waals surface area (Å²) in [5, 5.41) is 6.30. The van der Waals surface area contributed by atoms with Crippen molar-refractivity contribution in [2.45, 2.75) is 58.3 Å². The molecule has 2 aliphatic heterocycles. The van der Waals surface area contributed by atoms with Crippen LogP contribution in [-0.4, -0.2) is 49.4 Å². The summed E-state index contributed by atoms with van der Waals surface area (Å²) in [4.78, 5) is 26.2. The Labute approximate surface area is 140 Å². The minimum Gasteiger partial charge on any atom is -0.356 e. The van der Waals surface area contributed by atoms with Crippen molar-refractivity contribution in [2.75, 3.05) is 32.7 Å². The van der Waals surface area contributed by atoms with Gasteiger partial charge in [0.25, 0.3) is 0 Å². The van der Waals surface area contributed by atoms with Gasteiger partial charge in [-0.3, -0.25) is 9.59 Å². The van der Waals surface area contributed by atoms with Gasteiger partial charge in [0, 0.05) is 32.5 Å². The van der Waals surface area contributed by atoms with Crippen LogP contribution in [0.15, 0.2) is 0 Å². The maximum atomic E-state index is 12.2. The van der Waals surface area contributed by atoms with Gasteiger partial charge < -0.3 is 15.5 Å². The van der Waals surface area contributed by atoms with Crippen LogP contribution in [0.1, 0.15) is 58.3 Å². The molecule has 2 amide bonds. The molecule has 2 saturated heterocycles. The van der Waals surface area contributed by atoms with Crippen molar-refractivity contribution in [1.82, 2.24) is 15.5 Å². The Morgan fingerprint density at radius 2 is 1.78 bits per heavy atom. The SMILES string of the molecule is CC(CC(=O)NCCC(=O)N1CCCCCC1)C1CCNCC1. The van der Waals surface area contributed by atoms with Crippen molar-refractivity contribution in [3.8, 4) is 0 Å². The molecule has 5 heteroatoms. The average Bonchev–Trinajstić information content (AvgIpc) is 2.85. The highest BCUT2D eigenvalue weighted by atomic mass is 16.2. The fourth-order valence-corrected chi connectivity index (χ4v) is 3.73. The highest BCUT2D eigenvalue weighted by Crippen LogP contribution is 2.24. The van der Waals surface area contributed by atoms with Crippen LogP contribution in [0.5, 0.6) is 0 Å². The van der Waals surface area contributed by atoms with E-state index >= 15 is 0 Å². The van der Waals surface area contributed by atoms with Gasteiger partial charge in [0.2, 0.25) is 11.8 Å². The third-order valence-electron chi connectivity index (χ3n) is 5.32.